The Kier molecular flexibility index (Phi) is 7.43. The van der Waals surface area contributed by atoms with Gasteiger partial charge in [0, 0.05) is 13.2 Å². The zero-order chi connectivity index (χ0) is 14.1. The van der Waals surface area contributed by atoms with Gasteiger partial charge in [0.05, 0.1) is 18.9 Å². The maximum absolute atomic E-state index is 11.8. The molecule has 1 aromatic heterocycles. The first-order chi connectivity index (χ1) is 9.20. The van der Waals surface area contributed by atoms with E-state index in [-0.39, 0.29) is 5.97 Å². The number of ether oxygens (including phenoxy) is 2. The minimum absolute atomic E-state index is 0.317. The van der Waals surface area contributed by atoms with Crippen molar-refractivity contribution in [3.63, 3.8) is 0 Å². The highest BCUT2D eigenvalue weighted by Gasteiger charge is 2.19. The first-order valence-electron chi connectivity index (χ1n) is 6.65. The van der Waals surface area contributed by atoms with Gasteiger partial charge in [-0.25, -0.2) is 4.79 Å². The molecule has 1 N–H and O–H groups in total. The lowest BCUT2D eigenvalue weighted by Crippen LogP contribution is -2.13. The summed E-state index contributed by atoms with van der Waals surface area (Å²) >= 11 is 1.28. The van der Waals surface area contributed by atoms with Crippen molar-refractivity contribution in [2.45, 2.75) is 33.6 Å². The molecule has 0 aliphatic heterocycles. The van der Waals surface area contributed by atoms with Gasteiger partial charge in [-0.1, -0.05) is 13.3 Å². The fraction of sp³-hybridized carbons (Fsp3) is 0.692. The van der Waals surface area contributed by atoms with Gasteiger partial charge in [0.2, 0.25) is 0 Å². The molecule has 0 bridgehead atoms. The van der Waals surface area contributed by atoms with Crippen molar-refractivity contribution in [2.24, 2.45) is 0 Å². The predicted molar refractivity (Wildman–Crippen MR) is 77.0 cm³/mol. The third kappa shape index (κ3) is 5.16. The minimum Gasteiger partial charge on any atom is -0.462 e. The number of rotatable bonds is 9. The maximum atomic E-state index is 11.8. The van der Waals surface area contributed by atoms with E-state index < -0.39 is 0 Å². The Morgan fingerprint density at radius 1 is 1.37 bits per heavy atom. The van der Waals surface area contributed by atoms with Gasteiger partial charge in [-0.05, 0) is 31.8 Å². The largest absolute Gasteiger partial charge is 0.462 e. The summed E-state index contributed by atoms with van der Waals surface area (Å²) in [5.41, 5.74) is 1.25. The number of unbranched alkanes of at least 4 members (excludes halogenated alkanes) is 1. The Morgan fingerprint density at radius 2 is 2.16 bits per heavy atom. The topological polar surface area (TPSA) is 60.5 Å². The number of carbonyl (C=O) groups is 1. The van der Waals surface area contributed by atoms with Crippen molar-refractivity contribution in [3.05, 3.63) is 11.3 Å². The van der Waals surface area contributed by atoms with Crippen molar-refractivity contribution < 1.29 is 14.3 Å². The first-order valence-corrected chi connectivity index (χ1v) is 7.43. The van der Waals surface area contributed by atoms with Crippen molar-refractivity contribution in [2.75, 3.05) is 31.7 Å². The second kappa shape index (κ2) is 8.87. The smallest absolute Gasteiger partial charge is 0.343 e. The van der Waals surface area contributed by atoms with Gasteiger partial charge in [-0.15, -0.1) is 0 Å². The molecule has 0 radical (unpaired) electrons. The first kappa shape index (κ1) is 15.9. The van der Waals surface area contributed by atoms with Gasteiger partial charge in [0.1, 0.15) is 10.6 Å². The minimum atomic E-state index is -0.317. The molecule has 19 heavy (non-hydrogen) atoms. The highest BCUT2D eigenvalue weighted by Crippen LogP contribution is 2.25. The number of nitrogens with zero attached hydrogens (tertiary/aromatic N) is 1. The van der Waals surface area contributed by atoms with E-state index in [0.717, 1.165) is 24.4 Å². The van der Waals surface area contributed by atoms with E-state index in [9.17, 15) is 4.79 Å². The summed E-state index contributed by atoms with van der Waals surface area (Å²) in [6, 6.07) is 0. The Morgan fingerprint density at radius 3 is 2.84 bits per heavy atom. The van der Waals surface area contributed by atoms with Crippen LogP contribution < -0.4 is 5.32 Å². The molecule has 0 aromatic carbocycles. The van der Waals surface area contributed by atoms with E-state index >= 15 is 0 Å². The average Bonchev–Trinajstić information content (AvgIpc) is 2.75. The fourth-order valence-electron chi connectivity index (χ4n) is 1.52. The van der Waals surface area contributed by atoms with E-state index in [2.05, 4.69) is 16.6 Å². The predicted octanol–water partition coefficient (Wildman–Crippen LogP) is 2.86. The van der Waals surface area contributed by atoms with Crippen LogP contribution in [0, 0.1) is 6.92 Å². The molecule has 5 nitrogen and oxygen atoms in total. The number of nitrogens with one attached hydrogen (secondary N) is 1. The second-order valence-electron chi connectivity index (χ2n) is 4.09. The van der Waals surface area contributed by atoms with Crippen LogP contribution in [0.25, 0.3) is 0 Å². The van der Waals surface area contributed by atoms with Gasteiger partial charge in [-0.3, -0.25) is 0 Å². The summed E-state index contributed by atoms with van der Waals surface area (Å²) in [4.78, 5) is 11.8. The maximum Gasteiger partial charge on any atom is 0.343 e. The standard InChI is InChI=1S/C13H22N2O3S/c1-4-6-8-17-9-7-14-12-11(10(3)15-19-12)13(16)18-5-2/h14H,4-9H2,1-3H3. The number of carbonyl (C=O) groups excluding carboxylic acids is 1. The van der Waals surface area contributed by atoms with Crippen LogP contribution >= 0.6 is 11.5 Å². The van der Waals surface area contributed by atoms with E-state index in [1.165, 1.54) is 11.5 Å². The van der Waals surface area contributed by atoms with Crippen molar-refractivity contribution >= 4 is 22.5 Å². The molecule has 0 spiro atoms. The van der Waals surface area contributed by atoms with E-state index in [1.807, 2.05) is 6.92 Å². The van der Waals surface area contributed by atoms with Crippen LogP contribution in [0.2, 0.25) is 0 Å². The van der Waals surface area contributed by atoms with Crippen LogP contribution in [0.1, 0.15) is 42.7 Å². The van der Waals surface area contributed by atoms with Gasteiger partial charge >= 0.3 is 5.97 Å². The molecule has 0 aliphatic rings. The molecule has 6 heteroatoms. The number of esters is 1. The zero-order valence-electron chi connectivity index (χ0n) is 11.8. The van der Waals surface area contributed by atoms with Gasteiger partial charge in [0.25, 0.3) is 0 Å². The molecule has 1 heterocycles. The van der Waals surface area contributed by atoms with Crippen LogP contribution in [-0.2, 0) is 9.47 Å². The molecule has 0 fully saturated rings. The van der Waals surface area contributed by atoms with E-state index in [4.69, 9.17) is 9.47 Å². The van der Waals surface area contributed by atoms with Crippen LogP contribution in [0.4, 0.5) is 5.00 Å². The lowest BCUT2D eigenvalue weighted by Gasteiger charge is -2.07. The molecule has 0 unspecified atom stereocenters. The van der Waals surface area contributed by atoms with Crippen LogP contribution in [0.15, 0.2) is 0 Å². The summed E-state index contributed by atoms with van der Waals surface area (Å²) in [5.74, 6) is -0.317. The fourth-order valence-corrected chi connectivity index (χ4v) is 2.33. The molecule has 0 atom stereocenters. The Balaban J connectivity index is 2.43. The number of hydrogen-bond donors (Lipinski definition) is 1. The number of anilines is 1. The summed E-state index contributed by atoms with van der Waals surface area (Å²) in [7, 11) is 0. The van der Waals surface area contributed by atoms with Crippen molar-refractivity contribution in [3.8, 4) is 0 Å². The monoisotopic (exact) mass is 286 g/mol. The molecular weight excluding hydrogens is 264 g/mol. The lowest BCUT2D eigenvalue weighted by atomic mass is 10.2. The second-order valence-corrected chi connectivity index (χ2v) is 4.86. The highest BCUT2D eigenvalue weighted by molar-refractivity contribution is 7.10. The lowest BCUT2D eigenvalue weighted by molar-refractivity contribution is 0.0527. The van der Waals surface area contributed by atoms with Crippen molar-refractivity contribution in [1.29, 1.82) is 0 Å². The molecule has 0 amide bonds. The Hall–Kier alpha value is -1.14. The number of hydrogen-bond acceptors (Lipinski definition) is 6. The third-order valence-electron chi connectivity index (χ3n) is 2.52. The average molecular weight is 286 g/mol. The van der Waals surface area contributed by atoms with Crippen molar-refractivity contribution in [1.82, 2.24) is 4.37 Å². The Labute approximate surface area is 118 Å². The van der Waals surface area contributed by atoms with Gasteiger partial charge in [-0.2, -0.15) is 4.37 Å². The zero-order valence-corrected chi connectivity index (χ0v) is 12.6. The molecule has 0 saturated heterocycles. The SMILES string of the molecule is CCCCOCCNc1snc(C)c1C(=O)OCC. The van der Waals surface area contributed by atoms with E-state index in [0.29, 0.717) is 31.0 Å². The summed E-state index contributed by atoms with van der Waals surface area (Å²) in [5, 5.41) is 3.94. The molecular formula is C13H22N2O3S. The quantitative estimate of drug-likeness (QED) is 0.559. The van der Waals surface area contributed by atoms with Crippen LogP contribution in [0.5, 0.6) is 0 Å². The summed E-state index contributed by atoms with van der Waals surface area (Å²) < 4.78 is 14.7. The molecule has 108 valence electrons. The van der Waals surface area contributed by atoms with Crippen LogP contribution in [0.3, 0.4) is 0 Å². The summed E-state index contributed by atoms with van der Waals surface area (Å²) in [6.45, 7) is 8.18. The number of aryl methyl sites for hydroxylation is 1. The van der Waals surface area contributed by atoms with E-state index in [1.54, 1.807) is 6.92 Å². The molecule has 0 saturated carbocycles. The van der Waals surface area contributed by atoms with Gasteiger partial charge in [0.15, 0.2) is 0 Å². The molecule has 1 rings (SSSR count). The molecule has 1 aromatic rings. The number of aromatic nitrogens is 1. The highest BCUT2D eigenvalue weighted by atomic mass is 32.1. The molecule has 0 aliphatic carbocycles. The Bertz CT molecular complexity index is 393. The van der Waals surface area contributed by atoms with Gasteiger partial charge < -0.3 is 14.8 Å². The van der Waals surface area contributed by atoms with Crippen LogP contribution in [-0.4, -0.2) is 36.7 Å². The third-order valence-corrected chi connectivity index (χ3v) is 3.41. The summed E-state index contributed by atoms with van der Waals surface area (Å²) in [6.07, 6.45) is 2.21. The normalized spacial score (nSPS) is 10.5.